The molecule has 0 unspecified atom stereocenters. The van der Waals surface area contributed by atoms with Crippen LogP contribution in [0.15, 0.2) is 0 Å². The van der Waals surface area contributed by atoms with Crippen molar-refractivity contribution in [2.45, 2.75) is 64.0 Å². The Morgan fingerprint density at radius 3 is 1.43 bits per heavy atom. The summed E-state index contributed by atoms with van der Waals surface area (Å²) in [5.74, 6) is 0.298. The fraction of sp³-hybridized carbons (Fsp3) is 0.882. The highest BCUT2D eigenvalue weighted by atomic mass is 28.4. The molecule has 0 heterocycles. The number of methoxy groups -OCH3 is 1. The van der Waals surface area contributed by atoms with Gasteiger partial charge in [-0.3, -0.25) is 10.8 Å². The van der Waals surface area contributed by atoms with Crippen molar-refractivity contribution in [3.63, 3.8) is 0 Å². The second-order valence-corrected chi connectivity index (χ2v) is 16.0. The molecule has 0 saturated carbocycles. The van der Waals surface area contributed by atoms with Gasteiger partial charge in [-0.2, -0.15) is 0 Å². The summed E-state index contributed by atoms with van der Waals surface area (Å²) in [6.07, 6.45) is 3.99. The first-order valence-corrected chi connectivity index (χ1v) is 15.6. The van der Waals surface area contributed by atoms with Crippen molar-refractivity contribution in [2.24, 2.45) is 17.2 Å². The highest BCUT2D eigenvalue weighted by Gasteiger charge is 2.19. The van der Waals surface area contributed by atoms with E-state index >= 15 is 0 Å². The summed E-state index contributed by atoms with van der Waals surface area (Å²) >= 11 is 0. The van der Waals surface area contributed by atoms with E-state index in [1.54, 1.807) is 14.2 Å². The second-order valence-electron chi connectivity index (χ2n) is 7.12. The van der Waals surface area contributed by atoms with Crippen molar-refractivity contribution < 1.29 is 18.7 Å². The van der Waals surface area contributed by atoms with Gasteiger partial charge in [-0.05, 0) is 57.7 Å². The number of nitrogens with one attached hydrogen (secondary N) is 2. The van der Waals surface area contributed by atoms with Crippen LogP contribution in [0.5, 0.6) is 0 Å². The van der Waals surface area contributed by atoms with E-state index in [2.05, 4.69) is 36.7 Å². The first-order chi connectivity index (χ1) is 12.9. The van der Waals surface area contributed by atoms with Gasteiger partial charge in [0.1, 0.15) is 0 Å². The number of aliphatic hydroxyl groups is 1. The molecule has 0 aliphatic carbocycles. The molecule has 0 bridgehead atoms. The van der Waals surface area contributed by atoms with Gasteiger partial charge in [-0.15, -0.1) is 0 Å². The van der Waals surface area contributed by atoms with E-state index in [0.29, 0.717) is 5.84 Å². The molecule has 0 aromatic rings. The monoisotopic (exact) mass is 441 g/mol. The standard InChI is InChI=1S/C8H20N2OSi.C6H17NOSi.C2H6N2O.CH4O/c1-11-12(2,3)7-5-4-6-8(9)10;1-8-9(2,3)6-4-5-7;1-5-2(3)4;1-2/h4-7H2,1-3H3,(H3,9,10);4-7H2,1-3H3;1H3,(H3,3,4);2H,1H3. The van der Waals surface area contributed by atoms with Gasteiger partial charge in [0.15, 0.2) is 16.6 Å². The first-order valence-electron chi connectivity index (χ1n) is 9.33. The molecule has 0 fully saturated rings. The molecule has 0 atom stereocenters. The lowest BCUT2D eigenvalue weighted by Gasteiger charge is -2.19. The molecule has 28 heavy (non-hydrogen) atoms. The number of ether oxygens (including phenoxy) is 1. The van der Waals surface area contributed by atoms with Crippen molar-refractivity contribution >= 4 is 28.5 Å². The average molecular weight is 442 g/mol. The Labute approximate surface area is 174 Å². The summed E-state index contributed by atoms with van der Waals surface area (Å²) in [4.78, 5) is 0. The van der Waals surface area contributed by atoms with Crippen LogP contribution in [0.1, 0.15) is 25.7 Å². The normalized spacial score (nSPS) is 10.2. The van der Waals surface area contributed by atoms with E-state index in [1.807, 2.05) is 0 Å². The topological polar surface area (TPSA) is 174 Å². The molecule has 0 aliphatic heterocycles. The molecule has 9 N–H and O–H groups in total. The SMILES string of the molecule is CO.COC(=N)N.CO[Si](C)(C)CCCCC(=N)N.CO[Si](C)(C)CCCN. The Morgan fingerprint density at radius 1 is 0.821 bits per heavy atom. The Hall–Kier alpha value is -0.986. The van der Waals surface area contributed by atoms with Crippen LogP contribution in [0.25, 0.3) is 0 Å². The Morgan fingerprint density at radius 2 is 1.18 bits per heavy atom. The van der Waals surface area contributed by atoms with Crippen LogP contribution in [-0.2, 0) is 13.6 Å². The number of aliphatic hydroxyl groups excluding tert-OH is 1. The quantitative estimate of drug-likeness (QED) is 0.130. The van der Waals surface area contributed by atoms with Crippen molar-refractivity contribution in [1.29, 1.82) is 10.8 Å². The van der Waals surface area contributed by atoms with Gasteiger partial charge in [0.2, 0.25) is 0 Å². The maximum Gasteiger partial charge on any atom is 0.278 e. The molecule has 0 aliphatic rings. The molecule has 11 heteroatoms. The fourth-order valence-electron chi connectivity index (χ4n) is 1.60. The van der Waals surface area contributed by atoms with Gasteiger partial charge >= 0.3 is 0 Å². The predicted octanol–water partition coefficient (Wildman–Crippen LogP) is 2.27. The van der Waals surface area contributed by atoms with Crippen LogP contribution < -0.4 is 17.2 Å². The summed E-state index contributed by atoms with van der Waals surface area (Å²) in [6.45, 7) is 9.63. The summed E-state index contributed by atoms with van der Waals surface area (Å²) in [5, 5.41) is 20.3. The molecule has 0 radical (unpaired) electrons. The Kier molecular flexibility index (Phi) is 27.5. The first kappa shape index (κ1) is 34.5. The summed E-state index contributed by atoms with van der Waals surface area (Å²) in [5.41, 5.74) is 15.2. The van der Waals surface area contributed by atoms with Crippen molar-refractivity contribution in [1.82, 2.24) is 0 Å². The van der Waals surface area contributed by atoms with E-state index in [4.69, 9.17) is 36.2 Å². The van der Waals surface area contributed by atoms with E-state index in [9.17, 15) is 0 Å². The summed E-state index contributed by atoms with van der Waals surface area (Å²) in [6, 6.07) is 2.10. The zero-order valence-electron chi connectivity index (χ0n) is 19.4. The maximum absolute atomic E-state index is 7.03. The predicted molar refractivity (Wildman–Crippen MR) is 125 cm³/mol. The van der Waals surface area contributed by atoms with Crippen LogP contribution >= 0.6 is 0 Å². The van der Waals surface area contributed by atoms with Crippen molar-refractivity contribution in [3.05, 3.63) is 0 Å². The summed E-state index contributed by atoms with van der Waals surface area (Å²) < 4.78 is 14.8. The van der Waals surface area contributed by atoms with Crippen molar-refractivity contribution in [3.8, 4) is 0 Å². The molecular formula is C17H47N5O4Si2. The molecule has 172 valence electrons. The van der Waals surface area contributed by atoms with Gasteiger partial charge in [-0.1, -0.05) is 6.42 Å². The number of rotatable bonds is 10. The third-order valence-corrected chi connectivity index (χ3v) is 9.11. The zero-order chi connectivity index (χ0) is 23.2. The molecule has 9 nitrogen and oxygen atoms in total. The van der Waals surface area contributed by atoms with E-state index in [-0.39, 0.29) is 6.02 Å². The minimum Gasteiger partial charge on any atom is -0.469 e. The highest BCUT2D eigenvalue weighted by molar-refractivity contribution is 6.71. The fourth-order valence-corrected chi connectivity index (χ4v) is 4.16. The average Bonchev–Trinajstić information content (AvgIpc) is 2.66. The third kappa shape index (κ3) is 36.0. The number of hydrogen-bond donors (Lipinski definition) is 6. The number of hydrogen-bond acceptors (Lipinski definition) is 7. The van der Waals surface area contributed by atoms with Gasteiger partial charge in [-0.25, -0.2) is 0 Å². The van der Waals surface area contributed by atoms with Gasteiger partial charge < -0.3 is 35.9 Å². The zero-order valence-corrected chi connectivity index (χ0v) is 21.4. The molecule has 0 spiro atoms. The van der Waals surface area contributed by atoms with Gasteiger partial charge in [0.25, 0.3) is 6.02 Å². The number of amidine groups is 2. The minimum absolute atomic E-state index is 0.245. The number of unbranched alkanes of at least 4 members (excludes halogenated alkanes) is 1. The lowest BCUT2D eigenvalue weighted by molar-refractivity contribution is 0.393. The maximum atomic E-state index is 7.03. The van der Waals surface area contributed by atoms with E-state index in [0.717, 1.165) is 45.4 Å². The van der Waals surface area contributed by atoms with Gasteiger partial charge in [0.05, 0.1) is 12.9 Å². The largest absolute Gasteiger partial charge is 0.469 e. The van der Waals surface area contributed by atoms with Gasteiger partial charge in [0, 0.05) is 27.8 Å². The highest BCUT2D eigenvalue weighted by Crippen LogP contribution is 2.14. The van der Waals surface area contributed by atoms with Crippen LogP contribution in [0.2, 0.25) is 38.3 Å². The molecule has 0 aromatic carbocycles. The smallest absolute Gasteiger partial charge is 0.278 e. The van der Waals surface area contributed by atoms with E-state index in [1.165, 1.54) is 13.2 Å². The van der Waals surface area contributed by atoms with Crippen LogP contribution in [-0.4, -0.2) is 68.6 Å². The Balaban J connectivity index is -0.000000159. The van der Waals surface area contributed by atoms with E-state index < -0.39 is 16.6 Å². The summed E-state index contributed by atoms with van der Waals surface area (Å²) in [7, 11) is 3.29. The third-order valence-electron chi connectivity index (χ3n) is 3.78. The van der Waals surface area contributed by atoms with Crippen LogP contribution in [0, 0.1) is 10.8 Å². The van der Waals surface area contributed by atoms with Crippen LogP contribution in [0.3, 0.4) is 0 Å². The minimum atomic E-state index is -1.36. The lowest BCUT2D eigenvalue weighted by Crippen LogP contribution is -2.28. The second kappa shape index (κ2) is 22.3. The molecule has 0 rings (SSSR count). The Bertz CT molecular complexity index is 373. The molecular weight excluding hydrogens is 394 g/mol. The lowest BCUT2D eigenvalue weighted by atomic mass is 10.2. The van der Waals surface area contributed by atoms with Crippen LogP contribution in [0.4, 0.5) is 0 Å². The molecule has 0 aromatic heterocycles. The van der Waals surface area contributed by atoms with Crippen molar-refractivity contribution in [2.75, 3.05) is 35.0 Å². The molecule has 0 amide bonds. The molecule has 0 saturated heterocycles. The number of nitrogens with two attached hydrogens (primary N) is 3.